The van der Waals surface area contributed by atoms with Crippen LogP contribution in [0.5, 0.6) is 0 Å². The van der Waals surface area contributed by atoms with Crippen molar-refractivity contribution in [3.8, 4) is 0 Å². The summed E-state index contributed by atoms with van der Waals surface area (Å²) in [6.07, 6.45) is 6.80. The summed E-state index contributed by atoms with van der Waals surface area (Å²) in [7, 11) is 0. The maximum atomic E-state index is 11.8. The van der Waals surface area contributed by atoms with E-state index in [2.05, 4.69) is 34.6 Å². The predicted octanol–water partition coefficient (Wildman–Crippen LogP) is 4.49. The van der Waals surface area contributed by atoms with Crippen LogP contribution in [-0.4, -0.2) is 12.1 Å². The number of carbonyl (C=O) groups excluding carboxylic acids is 1. The van der Waals surface area contributed by atoms with Crippen molar-refractivity contribution >= 4 is 5.97 Å². The smallest absolute Gasteiger partial charge is 0.330 e. The summed E-state index contributed by atoms with van der Waals surface area (Å²) in [4.78, 5) is 11.8. The van der Waals surface area contributed by atoms with Gasteiger partial charge in [0.05, 0.1) is 0 Å². The summed E-state index contributed by atoms with van der Waals surface area (Å²) in [5.74, 6) is 0.223. The minimum atomic E-state index is -0.164. The van der Waals surface area contributed by atoms with E-state index in [4.69, 9.17) is 4.74 Å². The number of hydrogen-bond donors (Lipinski definition) is 0. The topological polar surface area (TPSA) is 26.3 Å². The number of ether oxygens (including phenoxy) is 1. The third kappa shape index (κ3) is 7.19. The second-order valence-electron chi connectivity index (χ2n) is 4.93. The maximum absolute atomic E-state index is 11.8. The van der Waals surface area contributed by atoms with Crippen LogP contribution in [0.15, 0.2) is 11.6 Å². The lowest BCUT2D eigenvalue weighted by atomic mass is 10.0. The Labute approximate surface area is 106 Å². The molecular formula is C15H28O2. The summed E-state index contributed by atoms with van der Waals surface area (Å²) in [6.45, 7) is 10.5. The second kappa shape index (κ2) is 9.26. The third-order valence-corrected chi connectivity index (χ3v) is 2.88. The maximum Gasteiger partial charge on any atom is 0.330 e. The molecule has 0 saturated carbocycles. The summed E-state index contributed by atoms with van der Waals surface area (Å²) >= 11 is 0. The van der Waals surface area contributed by atoms with Crippen molar-refractivity contribution in [3.05, 3.63) is 11.6 Å². The van der Waals surface area contributed by atoms with Gasteiger partial charge in [0.2, 0.25) is 0 Å². The Morgan fingerprint density at radius 1 is 1.12 bits per heavy atom. The number of allylic oxidation sites excluding steroid dienone is 1. The van der Waals surface area contributed by atoms with Crippen molar-refractivity contribution in [1.29, 1.82) is 0 Å². The van der Waals surface area contributed by atoms with Crippen LogP contribution in [0.25, 0.3) is 0 Å². The fourth-order valence-electron chi connectivity index (χ4n) is 1.95. The zero-order valence-corrected chi connectivity index (χ0v) is 12.1. The number of esters is 1. The molecule has 0 spiro atoms. The quantitative estimate of drug-likeness (QED) is 0.461. The highest BCUT2D eigenvalue weighted by Crippen LogP contribution is 2.15. The minimum absolute atomic E-state index is 0.0447. The molecule has 0 heterocycles. The Morgan fingerprint density at radius 3 is 2.00 bits per heavy atom. The van der Waals surface area contributed by atoms with Gasteiger partial charge in [-0.05, 0) is 25.2 Å². The lowest BCUT2D eigenvalue weighted by Gasteiger charge is -2.19. The lowest BCUT2D eigenvalue weighted by molar-refractivity contribution is -0.145. The van der Waals surface area contributed by atoms with Crippen molar-refractivity contribution < 1.29 is 9.53 Å². The zero-order valence-electron chi connectivity index (χ0n) is 12.1. The second-order valence-corrected chi connectivity index (χ2v) is 4.93. The van der Waals surface area contributed by atoms with Gasteiger partial charge < -0.3 is 4.74 Å². The number of rotatable bonds is 8. The highest BCUT2D eigenvalue weighted by atomic mass is 16.5. The first-order valence-corrected chi connectivity index (χ1v) is 6.95. The first-order valence-electron chi connectivity index (χ1n) is 6.95. The Kier molecular flexibility index (Phi) is 8.83. The van der Waals surface area contributed by atoms with Gasteiger partial charge in [-0.1, -0.05) is 53.0 Å². The largest absolute Gasteiger partial charge is 0.459 e. The molecule has 0 aliphatic carbocycles. The van der Waals surface area contributed by atoms with Crippen molar-refractivity contribution in [2.45, 2.75) is 72.8 Å². The van der Waals surface area contributed by atoms with E-state index in [0.29, 0.717) is 5.92 Å². The van der Waals surface area contributed by atoms with E-state index in [-0.39, 0.29) is 12.1 Å². The molecular weight excluding hydrogens is 212 g/mol. The average molecular weight is 240 g/mol. The van der Waals surface area contributed by atoms with E-state index in [1.807, 2.05) is 0 Å². The molecule has 0 aromatic rings. The fourth-order valence-corrected chi connectivity index (χ4v) is 1.95. The molecule has 2 heteroatoms. The minimum Gasteiger partial charge on any atom is -0.459 e. The van der Waals surface area contributed by atoms with E-state index >= 15 is 0 Å². The molecule has 0 amide bonds. The molecule has 0 aromatic carbocycles. The van der Waals surface area contributed by atoms with E-state index in [1.54, 1.807) is 6.08 Å². The molecule has 0 N–H and O–H groups in total. The van der Waals surface area contributed by atoms with Crippen LogP contribution >= 0.6 is 0 Å². The fraction of sp³-hybridized carbons (Fsp3) is 0.800. The van der Waals surface area contributed by atoms with Crippen LogP contribution in [0.4, 0.5) is 0 Å². The van der Waals surface area contributed by atoms with Gasteiger partial charge in [0, 0.05) is 6.08 Å². The predicted molar refractivity (Wildman–Crippen MR) is 72.9 cm³/mol. The summed E-state index contributed by atoms with van der Waals surface area (Å²) < 4.78 is 5.47. The van der Waals surface area contributed by atoms with Crippen LogP contribution in [0, 0.1) is 5.92 Å². The van der Waals surface area contributed by atoms with Crippen LogP contribution in [0.3, 0.4) is 0 Å². The molecule has 2 nitrogen and oxygen atoms in total. The van der Waals surface area contributed by atoms with Gasteiger partial charge in [0.15, 0.2) is 0 Å². The van der Waals surface area contributed by atoms with Crippen LogP contribution in [0.1, 0.15) is 66.7 Å². The summed E-state index contributed by atoms with van der Waals surface area (Å²) in [6, 6.07) is 0. The Balaban J connectivity index is 4.41. The van der Waals surface area contributed by atoms with Gasteiger partial charge >= 0.3 is 5.97 Å². The molecule has 0 aliphatic rings. The molecule has 0 saturated heterocycles. The van der Waals surface area contributed by atoms with E-state index in [1.165, 1.54) is 5.57 Å². The molecule has 0 aromatic heterocycles. The SMILES string of the molecule is CCCC(=CC(=O)OC(CC)C(C)C)CCC. The van der Waals surface area contributed by atoms with Crippen LogP contribution in [0.2, 0.25) is 0 Å². The summed E-state index contributed by atoms with van der Waals surface area (Å²) in [5, 5.41) is 0. The van der Waals surface area contributed by atoms with Gasteiger partial charge in [-0.15, -0.1) is 0 Å². The van der Waals surface area contributed by atoms with E-state index in [9.17, 15) is 4.79 Å². The molecule has 0 aliphatic heterocycles. The van der Waals surface area contributed by atoms with Gasteiger partial charge in [-0.25, -0.2) is 4.79 Å². The number of hydrogen-bond acceptors (Lipinski definition) is 2. The van der Waals surface area contributed by atoms with Gasteiger partial charge in [-0.2, -0.15) is 0 Å². The summed E-state index contributed by atoms with van der Waals surface area (Å²) in [5.41, 5.74) is 1.22. The monoisotopic (exact) mass is 240 g/mol. The van der Waals surface area contributed by atoms with Crippen LogP contribution < -0.4 is 0 Å². The van der Waals surface area contributed by atoms with E-state index < -0.39 is 0 Å². The highest BCUT2D eigenvalue weighted by Gasteiger charge is 2.15. The standard InChI is InChI=1S/C15H28O2/c1-6-9-13(10-7-2)11-15(16)17-14(8-3)12(4)5/h11-12,14H,6-10H2,1-5H3. The van der Waals surface area contributed by atoms with E-state index in [0.717, 1.165) is 32.1 Å². The van der Waals surface area contributed by atoms with Crippen LogP contribution in [-0.2, 0) is 9.53 Å². The average Bonchev–Trinajstić information content (AvgIpc) is 2.26. The van der Waals surface area contributed by atoms with Gasteiger partial charge in [-0.3, -0.25) is 0 Å². The highest BCUT2D eigenvalue weighted by molar-refractivity contribution is 5.82. The zero-order chi connectivity index (χ0) is 13.3. The molecule has 0 fully saturated rings. The van der Waals surface area contributed by atoms with Crippen molar-refractivity contribution in [2.24, 2.45) is 5.92 Å². The Morgan fingerprint density at radius 2 is 1.65 bits per heavy atom. The molecule has 17 heavy (non-hydrogen) atoms. The first kappa shape index (κ1) is 16.2. The molecule has 1 unspecified atom stereocenters. The van der Waals surface area contributed by atoms with Crippen molar-refractivity contribution in [2.75, 3.05) is 0 Å². The van der Waals surface area contributed by atoms with Gasteiger partial charge in [0.1, 0.15) is 6.10 Å². The Bertz CT molecular complexity index is 233. The molecule has 100 valence electrons. The molecule has 0 bridgehead atoms. The molecule has 1 atom stereocenters. The Hall–Kier alpha value is -0.790. The molecule has 0 rings (SSSR count). The first-order chi connectivity index (χ1) is 8.04. The number of carbonyl (C=O) groups is 1. The normalized spacial score (nSPS) is 12.4. The van der Waals surface area contributed by atoms with Gasteiger partial charge in [0.25, 0.3) is 0 Å². The molecule has 0 radical (unpaired) electrons. The third-order valence-electron chi connectivity index (χ3n) is 2.88. The van der Waals surface area contributed by atoms with Crippen molar-refractivity contribution in [3.63, 3.8) is 0 Å². The lowest BCUT2D eigenvalue weighted by Crippen LogP contribution is -2.22. The van der Waals surface area contributed by atoms with Crippen molar-refractivity contribution in [1.82, 2.24) is 0 Å².